The van der Waals surface area contributed by atoms with Gasteiger partial charge in [0.25, 0.3) is 0 Å². The zero-order chi connectivity index (χ0) is 22.6. The van der Waals surface area contributed by atoms with Crippen LogP contribution in [0, 0.1) is 5.92 Å². The number of halogens is 6. The minimum atomic E-state index is -5.25. The van der Waals surface area contributed by atoms with Crippen molar-refractivity contribution in [3.8, 4) is 0 Å². The highest BCUT2D eigenvalue weighted by molar-refractivity contribution is 5.95. The largest absolute Gasteiger partial charge is 0.490 e. The minimum Gasteiger partial charge on any atom is -0.447 e. The summed E-state index contributed by atoms with van der Waals surface area (Å²) in [5.74, 6) is -5.30. The number of nitrogens with one attached hydrogen (secondary N) is 1. The summed E-state index contributed by atoms with van der Waals surface area (Å²) >= 11 is 0. The van der Waals surface area contributed by atoms with Gasteiger partial charge in [-0.15, -0.1) is 0 Å². The number of alkyl halides is 6. The number of nitrogens with zero attached hydrogens (tertiary/aromatic N) is 1. The number of hydrogen-bond acceptors (Lipinski definition) is 4. The number of hydrogen-bond donors (Lipinski definition) is 1. The van der Waals surface area contributed by atoms with Gasteiger partial charge in [-0.05, 0) is 38.2 Å². The van der Waals surface area contributed by atoms with Crippen LogP contribution in [0.4, 0.5) is 32.0 Å². The predicted octanol–water partition coefficient (Wildman–Crippen LogP) is 4.10. The van der Waals surface area contributed by atoms with Crippen LogP contribution in [0.15, 0.2) is 24.3 Å². The van der Waals surface area contributed by atoms with Crippen molar-refractivity contribution < 1.29 is 40.7 Å². The molecule has 0 bridgehead atoms. The van der Waals surface area contributed by atoms with Crippen molar-refractivity contribution in [3.63, 3.8) is 0 Å². The zero-order valence-electron chi connectivity index (χ0n) is 16.2. The van der Waals surface area contributed by atoms with Crippen LogP contribution in [0.5, 0.6) is 0 Å². The lowest BCUT2D eigenvalue weighted by Crippen LogP contribution is -2.45. The maximum absolute atomic E-state index is 12.9. The third-order valence-electron chi connectivity index (χ3n) is 4.33. The van der Waals surface area contributed by atoms with Gasteiger partial charge in [0.15, 0.2) is 0 Å². The Balaban J connectivity index is 3.43. The topological polar surface area (TPSA) is 58.6 Å². The molecule has 164 valence electrons. The van der Waals surface area contributed by atoms with E-state index in [-0.39, 0.29) is 24.2 Å². The van der Waals surface area contributed by atoms with E-state index in [9.17, 15) is 35.9 Å². The Bertz CT molecular complexity index is 733. The van der Waals surface area contributed by atoms with Crippen molar-refractivity contribution in [2.75, 3.05) is 26.0 Å². The highest BCUT2D eigenvalue weighted by atomic mass is 19.4. The van der Waals surface area contributed by atoms with Gasteiger partial charge in [-0.25, -0.2) is 4.79 Å². The van der Waals surface area contributed by atoms with Crippen LogP contribution in [0.25, 0.3) is 0 Å². The third kappa shape index (κ3) is 6.34. The van der Waals surface area contributed by atoms with Crippen LogP contribution in [-0.2, 0) is 19.9 Å². The lowest BCUT2D eigenvalue weighted by atomic mass is 9.79. The van der Waals surface area contributed by atoms with Gasteiger partial charge < -0.3 is 15.0 Å². The lowest BCUT2D eigenvalue weighted by Gasteiger charge is -2.40. The molecule has 0 heterocycles. The minimum absolute atomic E-state index is 0.0342. The van der Waals surface area contributed by atoms with Crippen LogP contribution in [0.2, 0.25) is 0 Å². The first kappa shape index (κ1) is 24.7. The normalized spacial score (nSPS) is 15.6. The predicted molar refractivity (Wildman–Crippen MR) is 93.0 cm³/mol. The second kappa shape index (κ2) is 9.02. The molecule has 5 nitrogen and oxygen atoms in total. The molecule has 2 atom stereocenters. The molecule has 0 saturated carbocycles. The summed E-state index contributed by atoms with van der Waals surface area (Å²) in [6.45, 7) is 3.28. The van der Waals surface area contributed by atoms with Gasteiger partial charge in [-0.3, -0.25) is 4.79 Å². The van der Waals surface area contributed by atoms with E-state index in [1.807, 2.05) is 0 Å². The molecule has 2 unspecified atom stereocenters. The van der Waals surface area contributed by atoms with E-state index >= 15 is 0 Å². The molecule has 0 aliphatic heterocycles. The molecule has 1 aromatic carbocycles. The molecule has 29 heavy (non-hydrogen) atoms. The molecule has 1 N–H and O–H groups in total. The fraction of sp³-hybridized carbons (Fsp3) is 0.556. The Hall–Kier alpha value is -2.30. The number of rotatable bonds is 7. The average molecular weight is 428 g/mol. The quantitative estimate of drug-likeness (QED) is 0.525. The number of anilines is 1. The summed E-state index contributed by atoms with van der Waals surface area (Å²) in [6, 6.07) is 4.82. The number of ether oxygens (including phenoxy) is 1. The third-order valence-corrected chi connectivity index (χ3v) is 4.33. The van der Waals surface area contributed by atoms with Gasteiger partial charge in [-0.2, -0.15) is 26.3 Å². The van der Waals surface area contributed by atoms with E-state index in [2.05, 4.69) is 0 Å². The second-order valence-electron chi connectivity index (χ2n) is 6.83. The first-order valence-electron chi connectivity index (χ1n) is 8.57. The van der Waals surface area contributed by atoms with Crippen molar-refractivity contribution in [2.45, 2.75) is 38.2 Å². The molecule has 0 aliphatic rings. The first-order chi connectivity index (χ1) is 13.1. The SMILES string of the molecule is CCC(OC(=O)C(F)(F)F)(c1cccc(NC(=O)C(F)(F)F)c1)C(C)CN(C)C. The van der Waals surface area contributed by atoms with E-state index in [1.54, 1.807) is 31.2 Å². The molecular weight excluding hydrogens is 406 g/mol. The molecule has 0 radical (unpaired) electrons. The van der Waals surface area contributed by atoms with Crippen LogP contribution < -0.4 is 5.32 Å². The monoisotopic (exact) mass is 428 g/mol. The van der Waals surface area contributed by atoms with E-state index in [0.717, 1.165) is 12.1 Å². The summed E-state index contributed by atoms with van der Waals surface area (Å²) in [5, 5.41) is 1.64. The first-order valence-corrected chi connectivity index (χ1v) is 8.57. The second-order valence-corrected chi connectivity index (χ2v) is 6.83. The highest BCUT2D eigenvalue weighted by Crippen LogP contribution is 2.40. The molecule has 0 aliphatic carbocycles. The number of esters is 1. The Morgan fingerprint density at radius 2 is 1.69 bits per heavy atom. The van der Waals surface area contributed by atoms with Crippen LogP contribution >= 0.6 is 0 Å². The fourth-order valence-corrected chi connectivity index (χ4v) is 3.05. The van der Waals surface area contributed by atoms with Crippen LogP contribution in [-0.4, -0.2) is 49.8 Å². The Labute approximate surface area is 164 Å². The Morgan fingerprint density at radius 3 is 2.14 bits per heavy atom. The van der Waals surface area contributed by atoms with E-state index in [4.69, 9.17) is 4.74 Å². The smallest absolute Gasteiger partial charge is 0.447 e. The summed E-state index contributed by atoms with van der Waals surface area (Å²) in [5.41, 5.74) is -2.04. The maximum atomic E-state index is 12.9. The lowest BCUT2D eigenvalue weighted by molar-refractivity contribution is -0.221. The van der Waals surface area contributed by atoms with Gasteiger partial charge in [0.05, 0.1) is 0 Å². The maximum Gasteiger partial charge on any atom is 0.490 e. The molecule has 0 saturated heterocycles. The highest BCUT2D eigenvalue weighted by Gasteiger charge is 2.49. The molecule has 0 fully saturated rings. The molecule has 11 heteroatoms. The van der Waals surface area contributed by atoms with Gasteiger partial charge in [-0.1, -0.05) is 26.0 Å². The van der Waals surface area contributed by atoms with Crippen molar-refractivity contribution in [3.05, 3.63) is 29.8 Å². The zero-order valence-corrected chi connectivity index (χ0v) is 16.2. The Morgan fingerprint density at radius 1 is 1.10 bits per heavy atom. The molecule has 1 amide bonds. The van der Waals surface area contributed by atoms with E-state index in [0.29, 0.717) is 0 Å². The average Bonchev–Trinajstić information content (AvgIpc) is 2.57. The van der Waals surface area contributed by atoms with Gasteiger partial charge in [0.2, 0.25) is 0 Å². The van der Waals surface area contributed by atoms with Crippen molar-refractivity contribution in [1.82, 2.24) is 4.90 Å². The van der Waals surface area contributed by atoms with E-state index in [1.165, 1.54) is 19.1 Å². The molecule has 1 aromatic rings. The fourth-order valence-electron chi connectivity index (χ4n) is 3.05. The van der Waals surface area contributed by atoms with Crippen LogP contribution in [0.1, 0.15) is 25.8 Å². The summed E-state index contributed by atoms with van der Waals surface area (Å²) in [7, 11) is 3.34. The number of carbonyl (C=O) groups excluding carboxylic acids is 2. The van der Waals surface area contributed by atoms with Crippen molar-refractivity contribution in [2.24, 2.45) is 5.92 Å². The van der Waals surface area contributed by atoms with Crippen LogP contribution in [0.3, 0.4) is 0 Å². The Kier molecular flexibility index (Phi) is 7.69. The summed E-state index contributed by atoms with van der Waals surface area (Å²) in [6.07, 6.45) is -10.5. The summed E-state index contributed by atoms with van der Waals surface area (Å²) < 4.78 is 81.0. The van der Waals surface area contributed by atoms with E-state index < -0.39 is 35.7 Å². The number of benzene rings is 1. The van der Waals surface area contributed by atoms with Gasteiger partial charge >= 0.3 is 24.2 Å². The molecule has 0 spiro atoms. The standard InChI is InChI=1S/C18H22F6N2O3/c1-5-16(11(2)10-26(3)4,29-15(28)18(22,23)24)12-7-6-8-13(9-12)25-14(27)17(19,20)21/h6-9,11H,5,10H2,1-4H3,(H,25,27). The molecular formula is C18H22F6N2O3. The number of amides is 1. The molecule has 0 aromatic heterocycles. The van der Waals surface area contributed by atoms with Crippen molar-refractivity contribution in [1.29, 1.82) is 0 Å². The van der Waals surface area contributed by atoms with Crippen molar-refractivity contribution >= 4 is 17.6 Å². The summed E-state index contributed by atoms with van der Waals surface area (Å²) in [4.78, 5) is 24.5. The molecule has 1 rings (SSSR count). The van der Waals surface area contributed by atoms with Gasteiger partial charge in [0.1, 0.15) is 5.60 Å². The van der Waals surface area contributed by atoms with Gasteiger partial charge in [0, 0.05) is 18.2 Å². The number of carbonyl (C=O) groups is 2.